The molecule has 1 aromatic rings. The molecule has 0 bridgehead atoms. The van der Waals surface area contributed by atoms with Gasteiger partial charge in [0.15, 0.2) is 5.96 Å². The van der Waals surface area contributed by atoms with E-state index >= 15 is 0 Å². The molecule has 138 valence electrons. The van der Waals surface area contributed by atoms with Crippen molar-refractivity contribution in [2.75, 3.05) is 32.8 Å². The van der Waals surface area contributed by atoms with Crippen LogP contribution in [0.3, 0.4) is 0 Å². The second-order valence-electron chi connectivity index (χ2n) is 6.16. The molecule has 1 fully saturated rings. The first-order valence-electron chi connectivity index (χ1n) is 8.78. The summed E-state index contributed by atoms with van der Waals surface area (Å²) in [6.45, 7) is 5.74. The number of ether oxygens (including phenoxy) is 1. The highest BCUT2D eigenvalue weighted by Gasteiger charge is 2.23. The SMILES string of the molecule is CCNC(=NCCOc1ccc(Br)cc1)N1CCCC(CC(N)=O)C1. The minimum atomic E-state index is -0.225. The number of carbonyl (C=O) groups excluding carboxylic acids is 1. The molecule has 3 N–H and O–H groups in total. The number of aliphatic imine (C=N–C) groups is 1. The smallest absolute Gasteiger partial charge is 0.217 e. The highest BCUT2D eigenvalue weighted by Crippen LogP contribution is 2.19. The summed E-state index contributed by atoms with van der Waals surface area (Å²) in [4.78, 5) is 18.1. The van der Waals surface area contributed by atoms with Gasteiger partial charge in [-0.1, -0.05) is 15.9 Å². The van der Waals surface area contributed by atoms with Crippen LogP contribution in [0, 0.1) is 5.92 Å². The maximum Gasteiger partial charge on any atom is 0.217 e. The van der Waals surface area contributed by atoms with Crippen LogP contribution in [0.2, 0.25) is 0 Å². The molecule has 0 saturated carbocycles. The van der Waals surface area contributed by atoms with Gasteiger partial charge in [0.05, 0.1) is 6.54 Å². The third-order valence-electron chi connectivity index (χ3n) is 4.08. The summed E-state index contributed by atoms with van der Waals surface area (Å²) in [5.41, 5.74) is 5.34. The maximum absolute atomic E-state index is 11.2. The lowest BCUT2D eigenvalue weighted by molar-refractivity contribution is -0.119. The molecule has 1 heterocycles. The Labute approximate surface area is 157 Å². The zero-order chi connectivity index (χ0) is 18.1. The van der Waals surface area contributed by atoms with E-state index in [2.05, 4.69) is 38.1 Å². The number of rotatable bonds is 7. The molecule has 1 aliphatic rings. The number of nitrogens with two attached hydrogens (primary N) is 1. The van der Waals surface area contributed by atoms with Crippen molar-refractivity contribution in [3.05, 3.63) is 28.7 Å². The standard InChI is InChI=1S/C18H27BrN4O2/c1-2-21-18(23-10-3-4-14(13-23)12-17(20)24)22-9-11-25-16-7-5-15(19)6-8-16/h5-8,14H,2-4,9-13H2,1H3,(H2,20,24)(H,21,22). The predicted octanol–water partition coefficient (Wildman–Crippen LogP) is 2.38. The van der Waals surface area contributed by atoms with Gasteiger partial charge in [0.25, 0.3) is 0 Å². The number of hydrogen-bond acceptors (Lipinski definition) is 3. The van der Waals surface area contributed by atoms with E-state index in [9.17, 15) is 4.79 Å². The van der Waals surface area contributed by atoms with E-state index in [1.54, 1.807) is 0 Å². The summed E-state index contributed by atoms with van der Waals surface area (Å²) in [7, 11) is 0. The highest BCUT2D eigenvalue weighted by atomic mass is 79.9. The third-order valence-corrected chi connectivity index (χ3v) is 4.61. The Morgan fingerprint density at radius 2 is 2.20 bits per heavy atom. The Balaban J connectivity index is 1.86. The van der Waals surface area contributed by atoms with Crippen LogP contribution >= 0.6 is 15.9 Å². The molecule has 2 rings (SSSR count). The van der Waals surface area contributed by atoms with Crippen molar-refractivity contribution in [3.8, 4) is 5.75 Å². The maximum atomic E-state index is 11.2. The Hall–Kier alpha value is -1.76. The summed E-state index contributed by atoms with van der Waals surface area (Å²) in [5, 5.41) is 3.33. The molecule has 7 heteroatoms. The molecule has 0 aromatic heterocycles. The second kappa shape index (κ2) is 10.3. The zero-order valence-electron chi connectivity index (χ0n) is 14.7. The largest absolute Gasteiger partial charge is 0.492 e. The summed E-state index contributed by atoms with van der Waals surface area (Å²) < 4.78 is 6.75. The Morgan fingerprint density at radius 3 is 2.88 bits per heavy atom. The Bertz CT molecular complexity index is 577. The topological polar surface area (TPSA) is 80.0 Å². The minimum absolute atomic E-state index is 0.225. The van der Waals surface area contributed by atoms with Gasteiger partial charge < -0.3 is 20.7 Å². The van der Waals surface area contributed by atoms with Crippen LogP contribution in [0.25, 0.3) is 0 Å². The van der Waals surface area contributed by atoms with Crippen molar-refractivity contribution in [2.24, 2.45) is 16.6 Å². The van der Waals surface area contributed by atoms with Gasteiger partial charge in [-0.2, -0.15) is 0 Å². The predicted molar refractivity (Wildman–Crippen MR) is 104 cm³/mol. The summed E-state index contributed by atoms with van der Waals surface area (Å²) >= 11 is 3.41. The summed E-state index contributed by atoms with van der Waals surface area (Å²) in [6.07, 6.45) is 2.55. The van der Waals surface area contributed by atoms with Crippen LogP contribution in [0.5, 0.6) is 5.75 Å². The van der Waals surface area contributed by atoms with Crippen molar-refractivity contribution in [2.45, 2.75) is 26.2 Å². The quantitative estimate of drug-likeness (QED) is 0.410. The number of piperidine rings is 1. The van der Waals surface area contributed by atoms with Gasteiger partial charge in [-0.05, 0) is 49.9 Å². The summed E-state index contributed by atoms with van der Waals surface area (Å²) in [6, 6.07) is 7.76. The second-order valence-corrected chi connectivity index (χ2v) is 7.08. The van der Waals surface area contributed by atoms with Gasteiger partial charge in [-0.25, -0.2) is 4.99 Å². The number of likely N-dealkylation sites (tertiary alicyclic amines) is 1. The third kappa shape index (κ3) is 6.94. The van der Waals surface area contributed by atoms with E-state index in [0.29, 0.717) is 25.5 Å². The van der Waals surface area contributed by atoms with Crippen molar-refractivity contribution in [3.63, 3.8) is 0 Å². The van der Waals surface area contributed by atoms with E-state index in [4.69, 9.17) is 10.5 Å². The van der Waals surface area contributed by atoms with Gasteiger partial charge in [0.2, 0.25) is 5.91 Å². The molecule has 1 atom stereocenters. The van der Waals surface area contributed by atoms with E-state index in [0.717, 1.165) is 48.7 Å². The number of amides is 1. The van der Waals surface area contributed by atoms with Crippen molar-refractivity contribution < 1.29 is 9.53 Å². The highest BCUT2D eigenvalue weighted by molar-refractivity contribution is 9.10. The molecule has 1 aromatic carbocycles. The number of carbonyl (C=O) groups is 1. The van der Waals surface area contributed by atoms with Crippen LogP contribution in [0.15, 0.2) is 33.7 Å². The van der Waals surface area contributed by atoms with Crippen LogP contribution in [0.1, 0.15) is 26.2 Å². The minimum Gasteiger partial charge on any atom is -0.492 e. The number of primary amides is 1. The first-order chi connectivity index (χ1) is 12.1. The number of benzene rings is 1. The van der Waals surface area contributed by atoms with E-state index in [1.807, 2.05) is 24.3 Å². The molecular formula is C18H27BrN4O2. The van der Waals surface area contributed by atoms with E-state index in [1.165, 1.54) is 0 Å². The lowest BCUT2D eigenvalue weighted by Gasteiger charge is -2.34. The molecule has 1 saturated heterocycles. The fraction of sp³-hybridized carbons (Fsp3) is 0.556. The van der Waals surface area contributed by atoms with Crippen molar-refractivity contribution in [1.82, 2.24) is 10.2 Å². The average Bonchev–Trinajstić information content (AvgIpc) is 2.59. The normalized spacial score (nSPS) is 18.1. The van der Waals surface area contributed by atoms with E-state index in [-0.39, 0.29) is 5.91 Å². The molecule has 0 aliphatic carbocycles. The van der Waals surface area contributed by atoms with Crippen LogP contribution in [0.4, 0.5) is 0 Å². The fourth-order valence-corrected chi connectivity index (χ4v) is 3.24. The molecule has 1 amide bonds. The van der Waals surface area contributed by atoms with Crippen molar-refractivity contribution >= 4 is 27.8 Å². The first kappa shape index (κ1) is 19.6. The van der Waals surface area contributed by atoms with Crippen LogP contribution < -0.4 is 15.8 Å². The average molecular weight is 411 g/mol. The molecule has 0 radical (unpaired) electrons. The van der Waals surface area contributed by atoms with Gasteiger partial charge in [-0.15, -0.1) is 0 Å². The van der Waals surface area contributed by atoms with Crippen LogP contribution in [-0.4, -0.2) is 49.6 Å². The molecule has 25 heavy (non-hydrogen) atoms. The molecular weight excluding hydrogens is 384 g/mol. The molecule has 1 unspecified atom stereocenters. The van der Waals surface area contributed by atoms with Gasteiger partial charge >= 0.3 is 0 Å². The Kier molecular flexibility index (Phi) is 8.04. The number of hydrogen-bond donors (Lipinski definition) is 2. The lowest BCUT2D eigenvalue weighted by atomic mass is 9.95. The van der Waals surface area contributed by atoms with Gasteiger partial charge in [0, 0.05) is 30.5 Å². The zero-order valence-corrected chi connectivity index (χ0v) is 16.3. The van der Waals surface area contributed by atoms with Gasteiger partial charge in [0.1, 0.15) is 12.4 Å². The fourth-order valence-electron chi connectivity index (χ4n) is 2.98. The number of halogens is 1. The van der Waals surface area contributed by atoms with Gasteiger partial charge in [-0.3, -0.25) is 4.79 Å². The summed E-state index contributed by atoms with van der Waals surface area (Å²) in [5.74, 6) is 1.81. The number of guanidine groups is 1. The monoisotopic (exact) mass is 410 g/mol. The lowest BCUT2D eigenvalue weighted by Crippen LogP contribution is -2.47. The number of nitrogens with zero attached hydrogens (tertiary/aromatic N) is 2. The van der Waals surface area contributed by atoms with Crippen molar-refractivity contribution in [1.29, 1.82) is 0 Å². The first-order valence-corrected chi connectivity index (χ1v) is 9.57. The molecule has 0 spiro atoms. The molecule has 6 nitrogen and oxygen atoms in total. The molecule has 1 aliphatic heterocycles. The van der Waals surface area contributed by atoms with Crippen LogP contribution in [-0.2, 0) is 4.79 Å². The number of nitrogens with one attached hydrogen (secondary N) is 1. The Morgan fingerprint density at radius 1 is 1.44 bits per heavy atom. The van der Waals surface area contributed by atoms with E-state index < -0.39 is 0 Å².